The van der Waals surface area contributed by atoms with Crippen LogP contribution in [-0.2, 0) is 6.42 Å². The highest BCUT2D eigenvalue weighted by Gasteiger charge is 2.09. The van der Waals surface area contributed by atoms with Crippen LogP contribution in [0.1, 0.15) is 5.56 Å². The SMILES string of the molecule is Nc1ccccc1N[C@H](CO)Cc1ccccc1. The zero-order valence-corrected chi connectivity index (χ0v) is 10.2. The highest BCUT2D eigenvalue weighted by Crippen LogP contribution is 2.18. The third-order valence-electron chi connectivity index (χ3n) is 2.87. The molecule has 0 saturated carbocycles. The van der Waals surface area contributed by atoms with E-state index < -0.39 is 0 Å². The van der Waals surface area contributed by atoms with Crippen LogP contribution in [0.4, 0.5) is 11.4 Å². The van der Waals surface area contributed by atoms with Crippen LogP contribution < -0.4 is 11.1 Å². The van der Waals surface area contributed by atoms with E-state index in [4.69, 9.17) is 5.73 Å². The zero-order chi connectivity index (χ0) is 12.8. The number of nitrogen functional groups attached to an aromatic ring is 1. The van der Waals surface area contributed by atoms with Crippen LogP contribution in [0.3, 0.4) is 0 Å². The molecule has 0 saturated heterocycles. The van der Waals surface area contributed by atoms with Crippen LogP contribution in [0.5, 0.6) is 0 Å². The third kappa shape index (κ3) is 3.25. The molecule has 2 aromatic carbocycles. The Hall–Kier alpha value is -2.00. The number of nitrogens with two attached hydrogens (primary N) is 1. The molecular weight excluding hydrogens is 224 g/mol. The number of anilines is 2. The van der Waals surface area contributed by atoms with Gasteiger partial charge in [-0.1, -0.05) is 42.5 Å². The van der Waals surface area contributed by atoms with Gasteiger partial charge in [0.2, 0.25) is 0 Å². The van der Waals surface area contributed by atoms with E-state index in [0.717, 1.165) is 12.1 Å². The molecule has 2 aromatic rings. The van der Waals surface area contributed by atoms with E-state index in [2.05, 4.69) is 17.4 Å². The fourth-order valence-electron chi connectivity index (χ4n) is 1.91. The van der Waals surface area contributed by atoms with Crippen LogP contribution in [0, 0.1) is 0 Å². The Morgan fingerprint density at radius 3 is 2.33 bits per heavy atom. The van der Waals surface area contributed by atoms with Crippen LogP contribution in [0.25, 0.3) is 0 Å². The van der Waals surface area contributed by atoms with Gasteiger partial charge in [0.1, 0.15) is 0 Å². The van der Waals surface area contributed by atoms with Gasteiger partial charge in [-0.25, -0.2) is 0 Å². The van der Waals surface area contributed by atoms with Crippen molar-refractivity contribution in [1.82, 2.24) is 0 Å². The van der Waals surface area contributed by atoms with Gasteiger partial charge in [-0.15, -0.1) is 0 Å². The van der Waals surface area contributed by atoms with Crippen molar-refractivity contribution in [2.45, 2.75) is 12.5 Å². The second-order valence-electron chi connectivity index (χ2n) is 4.30. The highest BCUT2D eigenvalue weighted by atomic mass is 16.3. The van der Waals surface area contributed by atoms with Crippen molar-refractivity contribution in [2.75, 3.05) is 17.7 Å². The molecule has 0 fully saturated rings. The monoisotopic (exact) mass is 242 g/mol. The van der Waals surface area contributed by atoms with Gasteiger partial charge in [0.25, 0.3) is 0 Å². The molecule has 1 atom stereocenters. The molecule has 0 unspecified atom stereocenters. The molecule has 0 aliphatic rings. The van der Waals surface area contributed by atoms with Gasteiger partial charge >= 0.3 is 0 Å². The fraction of sp³-hybridized carbons (Fsp3) is 0.200. The Balaban J connectivity index is 2.04. The summed E-state index contributed by atoms with van der Waals surface area (Å²) in [6.07, 6.45) is 0.770. The molecule has 0 bridgehead atoms. The van der Waals surface area contributed by atoms with Crippen LogP contribution in [-0.4, -0.2) is 17.8 Å². The smallest absolute Gasteiger partial charge is 0.0636 e. The van der Waals surface area contributed by atoms with Crippen LogP contribution >= 0.6 is 0 Å². The van der Waals surface area contributed by atoms with Gasteiger partial charge in [-0.2, -0.15) is 0 Å². The van der Waals surface area contributed by atoms with E-state index in [1.165, 1.54) is 5.56 Å². The highest BCUT2D eigenvalue weighted by molar-refractivity contribution is 5.66. The van der Waals surface area contributed by atoms with Crippen LogP contribution in [0.2, 0.25) is 0 Å². The maximum Gasteiger partial charge on any atom is 0.0636 e. The lowest BCUT2D eigenvalue weighted by atomic mass is 10.1. The number of hydrogen-bond acceptors (Lipinski definition) is 3. The summed E-state index contributed by atoms with van der Waals surface area (Å²) in [4.78, 5) is 0. The van der Waals surface area contributed by atoms with Crippen molar-refractivity contribution in [2.24, 2.45) is 0 Å². The Bertz CT molecular complexity index is 485. The molecule has 0 spiro atoms. The summed E-state index contributed by atoms with van der Waals surface area (Å²) in [5.41, 5.74) is 8.63. The number of hydrogen-bond donors (Lipinski definition) is 3. The molecule has 0 amide bonds. The number of aliphatic hydroxyl groups is 1. The van der Waals surface area contributed by atoms with Crippen molar-refractivity contribution in [3.63, 3.8) is 0 Å². The van der Waals surface area contributed by atoms with E-state index in [0.29, 0.717) is 5.69 Å². The molecule has 0 aromatic heterocycles. The second-order valence-corrected chi connectivity index (χ2v) is 4.30. The zero-order valence-electron chi connectivity index (χ0n) is 10.2. The maximum absolute atomic E-state index is 9.44. The Morgan fingerprint density at radius 1 is 1.00 bits per heavy atom. The molecular formula is C15H18N2O. The molecule has 18 heavy (non-hydrogen) atoms. The predicted octanol–water partition coefficient (Wildman–Crippen LogP) is 2.28. The summed E-state index contributed by atoms with van der Waals surface area (Å²) in [5, 5.41) is 12.7. The molecule has 0 heterocycles. The topological polar surface area (TPSA) is 58.3 Å². The first-order valence-corrected chi connectivity index (χ1v) is 6.05. The lowest BCUT2D eigenvalue weighted by molar-refractivity contribution is 0.274. The summed E-state index contributed by atoms with van der Waals surface area (Å²) in [6, 6.07) is 17.7. The lowest BCUT2D eigenvalue weighted by Crippen LogP contribution is -2.26. The van der Waals surface area contributed by atoms with E-state index in [1.54, 1.807) is 0 Å². The molecule has 0 aliphatic heterocycles. The fourth-order valence-corrected chi connectivity index (χ4v) is 1.91. The summed E-state index contributed by atoms with van der Waals surface area (Å²) in [5.74, 6) is 0. The van der Waals surface area contributed by atoms with Gasteiger partial charge in [0.15, 0.2) is 0 Å². The van der Waals surface area contributed by atoms with E-state index in [-0.39, 0.29) is 12.6 Å². The first-order chi connectivity index (χ1) is 8.79. The largest absolute Gasteiger partial charge is 0.397 e. The minimum Gasteiger partial charge on any atom is -0.397 e. The summed E-state index contributed by atoms with van der Waals surface area (Å²) in [7, 11) is 0. The average molecular weight is 242 g/mol. The number of nitrogens with one attached hydrogen (secondary N) is 1. The number of aliphatic hydroxyl groups excluding tert-OH is 1. The minimum atomic E-state index is -0.0305. The van der Waals surface area contributed by atoms with E-state index in [1.807, 2.05) is 42.5 Å². The standard InChI is InChI=1S/C15H18N2O/c16-14-8-4-5-9-15(14)17-13(11-18)10-12-6-2-1-3-7-12/h1-9,13,17-18H,10-11,16H2/t13-/m0/s1. The Morgan fingerprint density at radius 2 is 1.67 bits per heavy atom. The average Bonchev–Trinajstić information content (AvgIpc) is 2.41. The maximum atomic E-state index is 9.44. The number of rotatable bonds is 5. The quantitative estimate of drug-likeness (QED) is 0.705. The second kappa shape index (κ2) is 6.07. The molecule has 3 nitrogen and oxygen atoms in total. The predicted molar refractivity (Wildman–Crippen MR) is 75.5 cm³/mol. The summed E-state index contributed by atoms with van der Waals surface area (Å²) in [6.45, 7) is 0.0726. The molecule has 0 radical (unpaired) electrons. The normalized spacial score (nSPS) is 12.1. The van der Waals surface area contributed by atoms with Crippen molar-refractivity contribution >= 4 is 11.4 Å². The molecule has 4 N–H and O–H groups in total. The first-order valence-electron chi connectivity index (χ1n) is 6.05. The van der Waals surface area contributed by atoms with Gasteiger partial charge in [-0.05, 0) is 24.1 Å². The van der Waals surface area contributed by atoms with Crippen molar-refractivity contribution in [1.29, 1.82) is 0 Å². The van der Waals surface area contributed by atoms with Crippen molar-refractivity contribution < 1.29 is 5.11 Å². The summed E-state index contributed by atoms with van der Waals surface area (Å²) < 4.78 is 0. The minimum absolute atomic E-state index is 0.0305. The van der Waals surface area contributed by atoms with Gasteiger partial charge in [0.05, 0.1) is 24.0 Å². The number of para-hydroxylation sites is 2. The molecule has 0 aliphatic carbocycles. The van der Waals surface area contributed by atoms with Gasteiger partial charge in [0, 0.05) is 0 Å². The number of benzene rings is 2. The van der Waals surface area contributed by atoms with Crippen molar-refractivity contribution in [3.8, 4) is 0 Å². The first kappa shape index (κ1) is 12.5. The third-order valence-corrected chi connectivity index (χ3v) is 2.87. The molecule has 2 rings (SSSR count). The molecule has 94 valence electrons. The Kier molecular flexibility index (Phi) is 4.20. The van der Waals surface area contributed by atoms with E-state index in [9.17, 15) is 5.11 Å². The van der Waals surface area contributed by atoms with Crippen LogP contribution in [0.15, 0.2) is 54.6 Å². The van der Waals surface area contributed by atoms with Crippen molar-refractivity contribution in [3.05, 3.63) is 60.2 Å². The van der Waals surface area contributed by atoms with E-state index >= 15 is 0 Å². The lowest BCUT2D eigenvalue weighted by Gasteiger charge is -2.18. The summed E-state index contributed by atoms with van der Waals surface area (Å²) >= 11 is 0. The molecule has 3 heteroatoms. The van der Waals surface area contributed by atoms with Gasteiger partial charge in [-0.3, -0.25) is 0 Å². The van der Waals surface area contributed by atoms with Gasteiger partial charge < -0.3 is 16.2 Å². The Labute approximate surface area is 107 Å².